The minimum atomic E-state index is 0.0165. The van der Waals surface area contributed by atoms with Crippen molar-refractivity contribution in [2.24, 2.45) is 16.6 Å². The van der Waals surface area contributed by atoms with Gasteiger partial charge >= 0.3 is 0 Å². The van der Waals surface area contributed by atoms with Crippen molar-refractivity contribution < 1.29 is 0 Å². The fourth-order valence-electron chi connectivity index (χ4n) is 4.54. The number of likely N-dealkylation sites (tertiary alicyclic amines) is 1. The van der Waals surface area contributed by atoms with Crippen LogP contribution in [0.5, 0.6) is 0 Å². The summed E-state index contributed by atoms with van der Waals surface area (Å²) < 4.78 is 0. The molecule has 0 amide bonds. The predicted octanol–water partition coefficient (Wildman–Crippen LogP) is 2.92. The Bertz CT molecular complexity index is 390. The lowest BCUT2D eigenvalue weighted by Crippen LogP contribution is -2.54. The van der Waals surface area contributed by atoms with Crippen LogP contribution in [0.15, 0.2) is 4.99 Å². The van der Waals surface area contributed by atoms with Gasteiger partial charge in [0.2, 0.25) is 0 Å². The standard InChI is InChI=1S/C18H36BN3/c1-13(2)21-17-10-9-15-12-18(19,20)11-7-5-6-8-16(15)22(17)14(3)4/h13-16H,5-12,19-20H2,1-4H3/b21-17+. The SMILES string of the molecule is BC1(N)CCCCCC2C(CC/C(=N\C(C)C)N2C(C)C)C1. The Morgan fingerprint density at radius 1 is 1.18 bits per heavy atom. The zero-order chi connectivity index (χ0) is 16.3. The number of nitrogens with two attached hydrogens (primary N) is 1. The molecule has 3 atom stereocenters. The molecular formula is C18H36BN3. The quantitative estimate of drug-likeness (QED) is 0.797. The second-order valence-corrected chi connectivity index (χ2v) is 8.46. The molecule has 4 heteroatoms. The molecule has 3 unspecified atom stereocenters. The largest absolute Gasteiger partial charge is 0.355 e. The van der Waals surface area contributed by atoms with Gasteiger partial charge in [0.15, 0.2) is 0 Å². The Morgan fingerprint density at radius 2 is 1.91 bits per heavy atom. The molecule has 1 aliphatic carbocycles. The maximum Gasteiger partial charge on any atom is 0.127 e. The van der Waals surface area contributed by atoms with E-state index in [1.165, 1.54) is 50.8 Å². The summed E-state index contributed by atoms with van der Waals surface area (Å²) in [6, 6.07) is 1.58. The molecule has 22 heavy (non-hydrogen) atoms. The van der Waals surface area contributed by atoms with Crippen molar-refractivity contribution >= 4 is 13.7 Å². The molecule has 2 fully saturated rings. The Balaban J connectivity index is 2.26. The number of piperidine rings is 1. The molecule has 2 N–H and O–H groups in total. The molecule has 0 radical (unpaired) electrons. The van der Waals surface area contributed by atoms with Gasteiger partial charge < -0.3 is 10.6 Å². The number of nitrogens with zero attached hydrogens (tertiary/aromatic N) is 2. The second-order valence-electron chi connectivity index (χ2n) is 8.46. The number of fused-ring (bicyclic) bond motifs is 1. The number of hydrogen-bond acceptors (Lipinski definition) is 2. The normalized spacial score (nSPS) is 36.1. The number of hydrogen-bond donors (Lipinski definition) is 1. The monoisotopic (exact) mass is 305 g/mol. The Kier molecular flexibility index (Phi) is 5.98. The molecule has 1 saturated heterocycles. The third-order valence-electron chi connectivity index (χ3n) is 5.38. The first kappa shape index (κ1) is 17.8. The minimum Gasteiger partial charge on any atom is -0.355 e. The fourth-order valence-corrected chi connectivity index (χ4v) is 4.54. The lowest BCUT2D eigenvalue weighted by molar-refractivity contribution is 0.133. The van der Waals surface area contributed by atoms with Gasteiger partial charge in [0.25, 0.3) is 0 Å². The Morgan fingerprint density at radius 3 is 2.55 bits per heavy atom. The molecule has 1 heterocycles. The highest BCUT2D eigenvalue weighted by atomic mass is 15.2. The van der Waals surface area contributed by atoms with Gasteiger partial charge in [-0.2, -0.15) is 0 Å². The van der Waals surface area contributed by atoms with E-state index in [-0.39, 0.29) is 5.44 Å². The summed E-state index contributed by atoms with van der Waals surface area (Å²) in [6.07, 6.45) is 10.0. The molecule has 0 aromatic carbocycles. The van der Waals surface area contributed by atoms with Crippen molar-refractivity contribution in [3.8, 4) is 0 Å². The van der Waals surface area contributed by atoms with E-state index < -0.39 is 0 Å². The summed E-state index contributed by atoms with van der Waals surface area (Å²) in [7, 11) is 2.27. The minimum absolute atomic E-state index is 0.0165. The van der Waals surface area contributed by atoms with Gasteiger partial charge in [0.05, 0.1) is 5.84 Å². The van der Waals surface area contributed by atoms with Gasteiger partial charge in [-0.3, -0.25) is 4.99 Å². The molecular weight excluding hydrogens is 269 g/mol. The van der Waals surface area contributed by atoms with Crippen LogP contribution in [0.4, 0.5) is 0 Å². The van der Waals surface area contributed by atoms with Crippen LogP contribution in [-0.2, 0) is 0 Å². The van der Waals surface area contributed by atoms with Crippen LogP contribution in [-0.4, -0.2) is 42.1 Å². The number of rotatable bonds is 2. The van der Waals surface area contributed by atoms with Crippen LogP contribution in [0.25, 0.3) is 0 Å². The van der Waals surface area contributed by atoms with Gasteiger partial charge in [-0.1, -0.05) is 19.3 Å². The zero-order valence-electron chi connectivity index (χ0n) is 15.4. The van der Waals surface area contributed by atoms with Crippen LogP contribution in [0, 0.1) is 5.92 Å². The molecule has 0 spiro atoms. The highest BCUT2D eigenvalue weighted by molar-refractivity contribution is 6.15. The predicted molar refractivity (Wildman–Crippen MR) is 99.2 cm³/mol. The van der Waals surface area contributed by atoms with Crippen molar-refractivity contribution in [1.82, 2.24) is 4.90 Å². The van der Waals surface area contributed by atoms with Crippen LogP contribution in [0.2, 0.25) is 0 Å². The lowest BCUT2D eigenvalue weighted by Gasteiger charge is -2.47. The van der Waals surface area contributed by atoms with Crippen LogP contribution >= 0.6 is 0 Å². The third kappa shape index (κ3) is 4.50. The van der Waals surface area contributed by atoms with Crippen LogP contribution in [0.3, 0.4) is 0 Å². The van der Waals surface area contributed by atoms with E-state index in [2.05, 4.69) is 40.4 Å². The smallest absolute Gasteiger partial charge is 0.127 e. The maximum atomic E-state index is 6.61. The molecule has 0 aromatic heterocycles. The van der Waals surface area contributed by atoms with E-state index in [1.807, 2.05) is 0 Å². The Labute approximate surface area is 138 Å². The van der Waals surface area contributed by atoms with E-state index in [1.54, 1.807) is 0 Å². The second kappa shape index (κ2) is 7.38. The van der Waals surface area contributed by atoms with Crippen molar-refractivity contribution in [2.75, 3.05) is 0 Å². The molecule has 126 valence electrons. The summed E-state index contributed by atoms with van der Waals surface area (Å²) in [6.45, 7) is 9.04. The van der Waals surface area contributed by atoms with Gasteiger partial charge in [0.1, 0.15) is 7.85 Å². The van der Waals surface area contributed by atoms with Crippen molar-refractivity contribution in [3.63, 3.8) is 0 Å². The van der Waals surface area contributed by atoms with Gasteiger partial charge in [-0.05, 0) is 64.7 Å². The number of aliphatic imine (C=N–C) groups is 1. The van der Waals surface area contributed by atoms with E-state index >= 15 is 0 Å². The summed E-state index contributed by atoms with van der Waals surface area (Å²) >= 11 is 0. The Hall–Kier alpha value is -0.505. The molecule has 0 aromatic rings. The summed E-state index contributed by atoms with van der Waals surface area (Å²) in [5, 5.41) is 0. The first-order valence-electron chi connectivity index (χ1n) is 9.44. The van der Waals surface area contributed by atoms with Crippen molar-refractivity contribution in [2.45, 2.75) is 103 Å². The topological polar surface area (TPSA) is 41.6 Å². The molecule has 3 nitrogen and oxygen atoms in total. The van der Waals surface area contributed by atoms with Crippen LogP contribution in [0.1, 0.15) is 79.1 Å². The summed E-state index contributed by atoms with van der Waals surface area (Å²) in [5.41, 5.74) is 6.63. The zero-order valence-corrected chi connectivity index (χ0v) is 15.4. The molecule has 1 aliphatic heterocycles. The van der Waals surface area contributed by atoms with Crippen LogP contribution < -0.4 is 5.73 Å². The highest BCUT2D eigenvalue weighted by Crippen LogP contribution is 2.37. The summed E-state index contributed by atoms with van der Waals surface area (Å²) in [5.74, 6) is 2.09. The number of amidine groups is 1. The van der Waals surface area contributed by atoms with E-state index in [9.17, 15) is 0 Å². The van der Waals surface area contributed by atoms with Gasteiger partial charge in [-0.15, -0.1) is 0 Å². The van der Waals surface area contributed by atoms with E-state index in [0.717, 1.165) is 12.3 Å². The van der Waals surface area contributed by atoms with E-state index in [4.69, 9.17) is 10.7 Å². The molecule has 0 bridgehead atoms. The lowest BCUT2D eigenvalue weighted by atomic mass is 9.67. The van der Waals surface area contributed by atoms with E-state index in [0.29, 0.717) is 18.1 Å². The average Bonchev–Trinajstić information content (AvgIpc) is 2.45. The third-order valence-corrected chi connectivity index (χ3v) is 5.38. The fraction of sp³-hybridized carbons (Fsp3) is 0.944. The first-order chi connectivity index (χ1) is 10.3. The average molecular weight is 305 g/mol. The van der Waals surface area contributed by atoms with Crippen molar-refractivity contribution in [3.05, 3.63) is 0 Å². The molecule has 1 saturated carbocycles. The van der Waals surface area contributed by atoms with Gasteiger partial charge in [-0.25, -0.2) is 0 Å². The molecule has 2 aliphatic rings. The summed E-state index contributed by atoms with van der Waals surface area (Å²) in [4.78, 5) is 7.60. The highest BCUT2D eigenvalue weighted by Gasteiger charge is 2.38. The van der Waals surface area contributed by atoms with Crippen molar-refractivity contribution in [1.29, 1.82) is 0 Å². The first-order valence-corrected chi connectivity index (χ1v) is 9.44. The maximum absolute atomic E-state index is 6.61. The molecule has 2 rings (SSSR count). The van der Waals surface area contributed by atoms with Gasteiger partial charge in [0, 0.05) is 24.5 Å².